The van der Waals surface area contributed by atoms with Crippen molar-refractivity contribution in [2.75, 3.05) is 7.11 Å². The molecular weight excluding hydrogens is 420 g/mol. The van der Waals surface area contributed by atoms with E-state index in [2.05, 4.69) is 22.5 Å². The van der Waals surface area contributed by atoms with Crippen LogP contribution in [0.5, 0.6) is 0 Å². The second kappa shape index (κ2) is 7.93. The summed E-state index contributed by atoms with van der Waals surface area (Å²) < 4.78 is 6.71. The average Bonchev–Trinajstić information content (AvgIpc) is 3.59. The molecule has 1 aromatic heterocycles. The van der Waals surface area contributed by atoms with E-state index in [0.717, 1.165) is 12.0 Å². The predicted molar refractivity (Wildman–Crippen MR) is 118 cm³/mol. The van der Waals surface area contributed by atoms with Crippen LogP contribution in [-0.4, -0.2) is 44.8 Å². The molecule has 8 nitrogen and oxygen atoms in total. The highest BCUT2D eigenvalue weighted by atomic mass is 16.5. The predicted octanol–water partition coefficient (Wildman–Crippen LogP) is 2.76. The van der Waals surface area contributed by atoms with Crippen LogP contribution in [0.3, 0.4) is 0 Å². The molecule has 1 aromatic carbocycles. The summed E-state index contributed by atoms with van der Waals surface area (Å²) in [4.78, 5) is 39.7. The van der Waals surface area contributed by atoms with Crippen LogP contribution < -0.4 is 0 Å². The molecule has 172 valence electrons. The smallest absolute Gasteiger partial charge is 0.311 e. The van der Waals surface area contributed by atoms with Gasteiger partial charge in [-0.3, -0.25) is 19.3 Å². The normalized spacial score (nSPS) is 26.7. The number of esters is 1. The van der Waals surface area contributed by atoms with Crippen LogP contribution in [0.1, 0.15) is 44.0 Å². The molecule has 0 radical (unpaired) electrons. The van der Waals surface area contributed by atoms with Crippen molar-refractivity contribution in [3.63, 3.8) is 0 Å². The lowest BCUT2D eigenvalue weighted by molar-refractivity contribution is -0.151. The van der Waals surface area contributed by atoms with Crippen molar-refractivity contribution in [2.24, 2.45) is 29.1 Å². The van der Waals surface area contributed by atoms with E-state index in [-0.39, 0.29) is 54.0 Å². The number of rotatable bonds is 7. The Morgan fingerprint density at radius 2 is 1.76 bits per heavy atom. The van der Waals surface area contributed by atoms with E-state index in [1.54, 1.807) is 10.9 Å². The standard InChI is InChI=1S/C25H28N4O4/c1-25(2,24(32)33-3)12-19(15-7-5-4-6-8-15)29-14-18(26-27-29)13-28-22(30)20-16-9-10-17(11-16)21(20)23(28)31/h4-10,14,16-17,19-21H,11-13H2,1-3H3/t16?,17?,19?,20-,21+. The summed E-state index contributed by atoms with van der Waals surface area (Å²) in [7, 11) is 1.39. The van der Waals surface area contributed by atoms with Crippen molar-refractivity contribution in [1.82, 2.24) is 19.9 Å². The zero-order valence-electron chi connectivity index (χ0n) is 19.0. The van der Waals surface area contributed by atoms with E-state index in [1.165, 1.54) is 12.0 Å². The van der Waals surface area contributed by atoms with Gasteiger partial charge in [0.25, 0.3) is 0 Å². The Bertz CT molecular complexity index is 1090. The topological polar surface area (TPSA) is 94.4 Å². The molecule has 3 aliphatic rings. The van der Waals surface area contributed by atoms with E-state index in [0.29, 0.717) is 12.1 Å². The van der Waals surface area contributed by atoms with Crippen LogP contribution in [0.15, 0.2) is 48.7 Å². The highest BCUT2D eigenvalue weighted by molar-refractivity contribution is 6.06. The van der Waals surface area contributed by atoms with Crippen LogP contribution >= 0.6 is 0 Å². The zero-order chi connectivity index (χ0) is 23.3. The highest BCUT2D eigenvalue weighted by Crippen LogP contribution is 2.52. The summed E-state index contributed by atoms with van der Waals surface area (Å²) in [6, 6.07) is 9.52. The van der Waals surface area contributed by atoms with Crippen molar-refractivity contribution in [3.8, 4) is 0 Å². The second-order valence-corrected chi connectivity index (χ2v) is 9.96. The van der Waals surface area contributed by atoms with E-state index in [9.17, 15) is 14.4 Å². The molecule has 33 heavy (non-hydrogen) atoms. The third-order valence-corrected chi connectivity index (χ3v) is 7.38. The Morgan fingerprint density at radius 3 is 2.36 bits per heavy atom. The number of benzene rings is 1. The molecule has 2 fully saturated rings. The quantitative estimate of drug-likeness (QED) is 0.367. The van der Waals surface area contributed by atoms with Crippen molar-refractivity contribution in [2.45, 2.75) is 39.3 Å². The van der Waals surface area contributed by atoms with Gasteiger partial charge in [-0.2, -0.15) is 0 Å². The molecule has 1 aliphatic heterocycles. The molecular formula is C25H28N4O4. The number of nitrogens with zero attached hydrogens (tertiary/aromatic N) is 4. The number of methoxy groups -OCH3 is 1. The maximum atomic E-state index is 13.0. The fourth-order valence-corrected chi connectivity index (χ4v) is 5.70. The van der Waals surface area contributed by atoms with Crippen LogP contribution in [0, 0.1) is 29.1 Å². The maximum Gasteiger partial charge on any atom is 0.311 e. The Kier molecular flexibility index (Phi) is 5.18. The van der Waals surface area contributed by atoms with Gasteiger partial charge in [-0.15, -0.1) is 5.10 Å². The number of allylic oxidation sites excluding steroid dienone is 2. The van der Waals surface area contributed by atoms with Gasteiger partial charge in [-0.05, 0) is 44.1 Å². The minimum absolute atomic E-state index is 0.0946. The number of imide groups is 1. The van der Waals surface area contributed by atoms with Crippen LogP contribution in [-0.2, 0) is 25.7 Å². The van der Waals surface area contributed by atoms with Crippen molar-refractivity contribution >= 4 is 17.8 Å². The maximum absolute atomic E-state index is 13.0. The first-order chi connectivity index (χ1) is 15.8. The minimum atomic E-state index is -0.744. The lowest BCUT2D eigenvalue weighted by Crippen LogP contribution is -2.32. The molecule has 8 heteroatoms. The average molecular weight is 449 g/mol. The van der Waals surface area contributed by atoms with E-state index in [4.69, 9.17) is 4.74 Å². The van der Waals surface area contributed by atoms with Gasteiger partial charge in [0.15, 0.2) is 0 Å². The minimum Gasteiger partial charge on any atom is -0.469 e. The third-order valence-electron chi connectivity index (χ3n) is 7.38. The summed E-state index contributed by atoms with van der Waals surface area (Å²) in [5.41, 5.74) is 0.789. The SMILES string of the molecule is COC(=O)C(C)(C)CC(c1ccccc1)n1cc(CN2C(=O)[C@@H]3C4C=CC(C4)[C@@H]3C2=O)nn1. The molecule has 5 rings (SSSR count). The summed E-state index contributed by atoms with van der Waals surface area (Å²) in [5.74, 6) is -0.571. The number of carbonyl (C=O) groups excluding carboxylic acids is 3. The lowest BCUT2D eigenvalue weighted by Gasteiger charge is -2.27. The van der Waals surface area contributed by atoms with Crippen molar-refractivity contribution in [1.29, 1.82) is 0 Å². The number of likely N-dealkylation sites (tertiary alicyclic amines) is 1. The Hall–Kier alpha value is -3.29. The number of amides is 2. The molecule has 0 spiro atoms. The number of aromatic nitrogens is 3. The Morgan fingerprint density at radius 1 is 1.12 bits per heavy atom. The molecule has 2 bridgehead atoms. The zero-order valence-corrected chi connectivity index (χ0v) is 19.0. The molecule has 2 amide bonds. The molecule has 1 saturated carbocycles. The van der Waals surface area contributed by atoms with Gasteiger partial charge >= 0.3 is 5.97 Å². The molecule has 1 saturated heterocycles. The molecule has 2 aliphatic carbocycles. The first kappa shape index (κ1) is 21.6. The largest absolute Gasteiger partial charge is 0.469 e. The van der Waals surface area contributed by atoms with Gasteiger partial charge < -0.3 is 4.74 Å². The fourth-order valence-electron chi connectivity index (χ4n) is 5.70. The van der Waals surface area contributed by atoms with Crippen molar-refractivity contribution in [3.05, 3.63) is 59.9 Å². The number of hydrogen-bond donors (Lipinski definition) is 0. The lowest BCUT2D eigenvalue weighted by atomic mass is 9.83. The number of fused-ring (bicyclic) bond motifs is 5. The van der Waals surface area contributed by atoms with Gasteiger partial charge in [0.2, 0.25) is 11.8 Å². The van der Waals surface area contributed by atoms with E-state index >= 15 is 0 Å². The summed E-state index contributed by atoms with van der Waals surface area (Å²) in [6.07, 6.45) is 7.31. The monoisotopic (exact) mass is 448 g/mol. The molecule has 3 unspecified atom stereocenters. The van der Waals surface area contributed by atoms with Crippen LogP contribution in [0.25, 0.3) is 0 Å². The third kappa shape index (κ3) is 3.57. The Labute approximate surface area is 192 Å². The summed E-state index contributed by atoms with van der Waals surface area (Å²) in [5, 5.41) is 8.59. The van der Waals surface area contributed by atoms with Gasteiger partial charge in [0.05, 0.1) is 43.1 Å². The number of ether oxygens (including phenoxy) is 1. The first-order valence-electron chi connectivity index (χ1n) is 11.4. The van der Waals surface area contributed by atoms with Crippen molar-refractivity contribution < 1.29 is 19.1 Å². The van der Waals surface area contributed by atoms with Gasteiger partial charge in [-0.25, -0.2) is 4.68 Å². The van der Waals surface area contributed by atoms with Gasteiger partial charge in [0, 0.05) is 0 Å². The van der Waals surface area contributed by atoms with Crippen LogP contribution in [0.4, 0.5) is 0 Å². The highest BCUT2D eigenvalue weighted by Gasteiger charge is 2.59. The number of carbonyl (C=O) groups is 3. The van der Waals surface area contributed by atoms with Gasteiger partial charge in [-0.1, -0.05) is 47.7 Å². The molecule has 0 N–H and O–H groups in total. The molecule has 2 heterocycles. The molecule has 5 atom stereocenters. The van der Waals surface area contributed by atoms with E-state index in [1.807, 2.05) is 44.2 Å². The number of hydrogen-bond acceptors (Lipinski definition) is 6. The second-order valence-electron chi connectivity index (χ2n) is 9.96. The summed E-state index contributed by atoms with van der Waals surface area (Å²) in [6.45, 7) is 3.80. The molecule has 2 aromatic rings. The fraction of sp³-hybridized carbons (Fsp3) is 0.480. The summed E-state index contributed by atoms with van der Waals surface area (Å²) >= 11 is 0. The first-order valence-corrected chi connectivity index (χ1v) is 11.4. The Balaban J connectivity index is 1.38. The van der Waals surface area contributed by atoms with E-state index < -0.39 is 5.41 Å². The van der Waals surface area contributed by atoms with Gasteiger partial charge in [0.1, 0.15) is 5.69 Å². The van der Waals surface area contributed by atoms with Crippen LogP contribution in [0.2, 0.25) is 0 Å².